The fourth-order valence-electron chi connectivity index (χ4n) is 0.783. The van der Waals surface area contributed by atoms with Gasteiger partial charge in [-0.2, -0.15) is 5.26 Å². The molecule has 0 radical (unpaired) electrons. The van der Waals surface area contributed by atoms with Gasteiger partial charge in [0.1, 0.15) is 0 Å². The molecule has 1 rings (SSSR count). The smallest absolute Gasteiger partial charge is 0.0933 e. The molecule has 0 saturated heterocycles. The molecule has 0 fully saturated rings. The molecule has 2 nitrogen and oxygen atoms in total. The molecular weight excluding hydrogens is 136 g/mol. The summed E-state index contributed by atoms with van der Waals surface area (Å²) in [5.41, 5.74) is 6.94. The second-order valence-electron chi connectivity index (χ2n) is 2.09. The Bertz CT molecular complexity index is 293. The first-order valence-electron chi connectivity index (χ1n) is 3.25. The summed E-state index contributed by atoms with van der Waals surface area (Å²) in [6.07, 6.45) is 1.33. The monoisotopic (exact) mass is 144 g/mol. The molecule has 0 amide bonds. The van der Waals surface area contributed by atoms with Crippen molar-refractivity contribution in [2.75, 3.05) is 0 Å². The highest BCUT2D eigenvalue weighted by Gasteiger charge is 1.91. The van der Waals surface area contributed by atoms with E-state index in [4.69, 9.17) is 11.0 Å². The van der Waals surface area contributed by atoms with Crippen molar-refractivity contribution in [2.24, 2.45) is 5.73 Å². The molecule has 0 unspecified atom stereocenters. The summed E-state index contributed by atoms with van der Waals surface area (Å²) >= 11 is 0. The standard InChI is InChI=1S/C9H8N2/c10-7-6-9(11)8-4-2-1-3-5-8/h1-6H,11H2/b9-6-. The minimum atomic E-state index is 0.508. The molecule has 0 spiro atoms. The highest BCUT2D eigenvalue weighted by atomic mass is 14.6. The van der Waals surface area contributed by atoms with E-state index in [1.54, 1.807) is 0 Å². The van der Waals surface area contributed by atoms with Gasteiger partial charge in [0.05, 0.1) is 6.07 Å². The van der Waals surface area contributed by atoms with Crippen molar-refractivity contribution in [3.8, 4) is 6.07 Å². The lowest BCUT2D eigenvalue weighted by Crippen LogP contribution is -1.94. The number of hydrogen-bond donors (Lipinski definition) is 1. The van der Waals surface area contributed by atoms with Crippen molar-refractivity contribution < 1.29 is 0 Å². The number of nitrogens with two attached hydrogens (primary N) is 1. The summed E-state index contributed by atoms with van der Waals surface area (Å²) in [4.78, 5) is 0. The summed E-state index contributed by atoms with van der Waals surface area (Å²) in [5, 5.41) is 8.29. The zero-order chi connectivity index (χ0) is 8.10. The van der Waals surface area contributed by atoms with Crippen LogP contribution in [0.25, 0.3) is 5.70 Å². The fourth-order valence-corrected chi connectivity index (χ4v) is 0.783. The first-order valence-corrected chi connectivity index (χ1v) is 3.25. The maximum Gasteiger partial charge on any atom is 0.0933 e. The van der Waals surface area contributed by atoms with Gasteiger partial charge in [0, 0.05) is 11.8 Å². The average molecular weight is 144 g/mol. The van der Waals surface area contributed by atoms with Gasteiger partial charge in [-0.25, -0.2) is 0 Å². The van der Waals surface area contributed by atoms with E-state index in [9.17, 15) is 0 Å². The van der Waals surface area contributed by atoms with Crippen molar-refractivity contribution in [1.82, 2.24) is 0 Å². The third kappa shape index (κ3) is 1.84. The molecule has 1 aromatic carbocycles. The van der Waals surface area contributed by atoms with Crippen LogP contribution in [0, 0.1) is 11.3 Å². The molecule has 0 atom stereocenters. The zero-order valence-corrected chi connectivity index (χ0v) is 5.99. The van der Waals surface area contributed by atoms with Crippen molar-refractivity contribution in [1.29, 1.82) is 5.26 Å². The van der Waals surface area contributed by atoms with Gasteiger partial charge in [-0.15, -0.1) is 0 Å². The van der Waals surface area contributed by atoms with Crippen LogP contribution >= 0.6 is 0 Å². The van der Waals surface area contributed by atoms with Crippen LogP contribution in [-0.4, -0.2) is 0 Å². The molecule has 0 aromatic heterocycles. The van der Waals surface area contributed by atoms with E-state index >= 15 is 0 Å². The number of benzene rings is 1. The Balaban J connectivity index is 2.96. The Labute approximate surface area is 65.6 Å². The molecule has 0 aliphatic heterocycles. The van der Waals surface area contributed by atoms with E-state index in [2.05, 4.69) is 0 Å². The Morgan fingerprint density at radius 1 is 1.36 bits per heavy atom. The van der Waals surface area contributed by atoms with Crippen LogP contribution in [0.15, 0.2) is 36.4 Å². The van der Waals surface area contributed by atoms with Gasteiger partial charge in [-0.05, 0) is 5.56 Å². The highest BCUT2D eigenvalue weighted by Crippen LogP contribution is 2.06. The molecule has 11 heavy (non-hydrogen) atoms. The molecule has 0 bridgehead atoms. The maximum atomic E-state index is 8.29. The van der Waals surface area contributed by atoms with Gasteiger partial charge >= 0.3 is 0 Å². The summed E-state index contributed by atoms with van der Waals surface area (Å²) in [6, 6.07) is 11.3. The number of rotatable bonds is 1. The summed E-state index contributed by atoms with van der Waals surface area (Å²) in [6.45, 7) is 0. The molecule has 2 N–H and O–H groups in total. The topological polar surface area (TPSA) is 49.8 Å². The normalized spacial score (nSPS) is 10.6. The van der Waals surface area contributed by atoms with Crippen molar-refractivity contribution in [2.45, 2.75) is 0 Å². The lowest BCUT2D eigenvalue weighted by atomic mass is 10.2. The lowest BCUT2D eigenvalue weighted by Gasteiger charge is -1.96. The van der Waals surface area contributed by atoms with Gasteiger partial charge in [-0.1, -0.05) is 30.3 Å². The minimum Gasteiger partial charge on any atom is -0.398 e. The van der Waals surface area contributed by atoms with Crippen LogP contribution in [-0.2, 0) is 0 Å². The predicted molar refractivity (Wildman–Crippen MR) is 44.2 cm³/mol. The van der Waals surface area contributed by atoms with E-state index in [-0.39, 0.29) is 0 Å². The first kappa shape index (κ1) is 7.36. The van der Waals surface area contributed by atoms with E-state index in [0.717, 1.165) is 5.56 Å². The van der Waals surface area contributed by atoms with E-state index in [0.29, 0.717) is 5.70 Å². The highest BCUT2D eigenvalue weighted by molar-refractivity contribution is 5.64. The van der Waals surface area contributed by atoms with Crippen LogP contribution in [0.5, 0.6) is 0 Å². The van der Waals surface area contributed by atoms with E-state index in [1.807, 2.05) is 36.4 Å². The fraction of sp³-hybridized carbons (Fsp3) is 0. The lowest BCUT2D eigenvalue weighted by molar-refractivity contribution is 1.49. The number of nitrogens with zero attached hydrogens (tertiary/aromatic N) is 1. The van der Waals surface area contributed by atoms with Crippen LogP contribution in [0.1, 0.15) is 5.56 Å². The Kier molecular flexibility index (Phi) is 2.29. The Morgan fingerprint density at radius 3 is 2.55 bits per heavy atom. The van der Waals surface area contributed by atoms with Gasteiger partial charge in [0.25, 0.3) is 0 Å². The van der Waals surface area contributed by atoms with Gasteiger partial charge in [0.2, 0.25) is 0 Å². The van der Waals surface area contributed by atoms with Crippen LogP contribution < -0.4 is 5.73 Å². The average Bonchev–Trinajstić information content (AvgIpc) is 2.07. The van der Waals surface area contributed by atoms with Crippen LogP contribution in [0.4, 0.5) is 0 Å². The molecule has 0 aliphatic carbocycles. The van der Waals surface area contributed by atoms with Gasteiger partial charge in [-0.3, -0.25) is 0 Å². The number of nitriles is 1. The molecule has 0 aliphatic rings. The third-order valence-electron chi connectivity index (χ3n) is 1.33. The van der Waals surface area contributed by atoms with Crippen LogP contribution in [0.2, 0.25) is 0 Å². The quantitative estimate of drug-likeness (QED) is 0.607. The zero-order valence-electron chi connectivity index (χ0n) is 5.99. The molecule has 0 saturated carbocycles. The summed E-state index contributed by atoms with van der Waals surface area (Å²) in [7, 11) is 0. The number of allylic oxidation sites excluding steroid dienone is 1. The summed E-state index contributed by atoms with van der Waals surface area (Å²) in [5.74, 6) is 0. The maximum absolute atomic E-state index is 8.29. The Hall–Kier alpha value is -1.75. The molecule has 0 heterocycles. The predicted octanol–water partition coefficient (Wildman–Crippen LogP) is 1.51. The van der Waals surface area contributed by atoms with E-state index in [1.165, 1.54) is 6.08 Å². The first-order chi connectivity index (χ1) is 5.34. The molecule has 2 heteroatoms. The van der Waals surface area contributed by atoms with Crippen LogP contribution in [0.3, 0.4) is 0 Å². The van der Waals surface area contributed by atoms with Crippen molar-refractivity contribution in [3.05, 3.63) is 42.0 Å². The molecular formula is C9H8N2. The van der Waals surface area contributed by atoms with Crippen molar-refractivity contribution >= 4 is 5.70 Å². The SMILES string of the molecule is N#C/C=C(\N)c1ccccc1. The van der Waals surface area contributed by atoms with Crippen molar-refractivity contribution in [3.63, 3.8) is 0 Å². The summed E-state index contributed by atoms with van der Waals surface area (Å²) < 4.78 is 0. The number of hydrogen-bond acceptors (Lipinski definition) is 2. The second kappa shape index (κ2) is 3.43. The minimum absolute atomic E-state index is 0.508. The second-order valence-corrected chi connectivity index (χ2v) is 2.09. The largest absolute Gasteiger partial charge is 0.398 e. The molecule has 54 valence electrons. The third-order valence-corrected chi connectivity index (χ3v) is 1.33. The van der Waals surface area contributed by atoms with Gasteiger partial charge < -0.3 is 5.73 Å². The van der Waals surface area contributed by atoms with E-state index < -0.39 is 0 Å². The Morgan fingerprint density at radius 2 is 2.00 bits per heavy atom. The molecule has 1 aromatic rings. The van der Waals surface area contributed by atoms with Gasteiger partial charge in [0.15, 0.2) is 0 Å².